The Morgan fingerprint density at radius 3 is 2.93 bits per heavy atom. The van der Waals surface area contributed by atoms with Gasteiger partial charge in [0.2, 0.25) is 11.5 Å². The van der Waals surface area contributed by atoms with Crippen LogP contribution >= 0.6 is 0 Å². The largest absolute Gasteiger partial charge is 0.492 e. The molecule has 6 aliphatic heterocycles. The molecule has 6 rings (SSSR count). The number of cyclic esters (lactones) is 1. The van der Waals surface area contributed by atoms with Gasteiger partial charge in [0.05, 0.1) is 36.3 Å². The van der Waals surface area contributed by atoms with Crippen LogP contribution in [0.1, 0.15) is 46.5 Å². The summed E-state index contributed by atoms with van der Waals surface area (Å²) < 4.78 is 24.5. The predicted molar refractivity (Wildman–Crippen MR) is 101 cm³/mol. The minimum atomic E-state index is -0.683. The van der Waals surface area contributed by atoms with E-state index in [1.54, 1.807) is 14.0 Å². The number of hydrogen-bond donors (Lipinski definition) is 1. The third-order valence-electron chi connectivity index (χ3n) is 8.63. The number of ether oxygens (including phenoxy) is 4. The first kappa shape index (κ1) is 18.2. The van der Waals surface area contributed by atoms with Crippen molar-refractivity contribution in [3.05, 3.63) is 22.9 Å². The minimum absolute atomic E-state index is 0.0649. The van der Waals surface area contributed by atoms with Gasteiger partial charge in [-0.1, -0.05) is 13.8 Å². The van der Waals surface area contributed by atoms with Crippen LogP contribution < -0.4 is 0 Å². The smallest absolute Gasteiger partial charge is 0.343 e. The zero-order valence-electron chi connectivity index (χ0n) is 17.4. The molecule has 9 atom stereocenters. The number of piperidine rings is 1. The molecule has 6 heterocycles. The first-order chi connectivity index (χ1) is 13.9. The fourth-order valence-electron chi connectivity index (χ4n) is 7.61. The summed E-state index contributed by atoms with van der Waals surface area (Å²) in [6.07, 6.45) is 3.26. The molecule has 1 N–H and O–H groups in total. The van der Waals surface area contributed by atoms with Crippen molar-refractivity contribution in [2.24, 2.45) is 17.8 Å². The van der Waals surface area contributed by atoms with Crippen LogP contribution in [0.3, 0.4) is 0 Å². The lowest BCUT2D eigenvalue weighted by molar-refractivity contribution is -0.256. The van der Waals surface area contributed by atoms with Gasteiger partial charge in [0.25, 0.3) is 0 Å². The van der Waals surface area contributed by atoms with Crippen LogP contribution in [0.5, 0.6) is 0 Å². The normalized spacial score (nSPS) is 52.2. The number of esters is 1. The van der Waals surface area contributed by atoms with Crippen LogP contribution in [-0.4, -0.2) is 59.2 Å². The van der Waals surface area contributed by atoms with E-state index in [0.29, 0.717) is 28.9 Å². The topological polar surface area (TPSA) is 77.5 Å². The number of nitrogens with zero attached hydrogens (tertiary/aromatic N) is 1. The molecule has 7 heteroatoms. The maximum absolute atomic E-state index is 12.2. The van der Waals surface area contributed by atoms with Gasteiger partial charge < -0.3 is 24.1 Å². The van der Waals surface area contributed by atoms with Crippen molar-refractivity contribution in [2.45, 2.75) is 76.0 Å². The van der Waals surface area contributed by atoms with Crippen molar-refractivity contribution in [3.63, 3.8) is 0 Å². The second kappa shape index (κ2) is 5.56. The Hall–Kier alpha value is -1.57. The zero-order chi connectivity index (χ0) is 20.3. The van der Waals surface area contributed by atoms with Crippen LogP contribution in [0.4, 0.5) is 0 Å². The van der Waals surface area contributed by atoms with Crippen LogP contribution in [0.2, 0.25) is 0 Å². The van der Waals surface area contributed by atoms with Crippen molar-refractivity contribution >= 4 is 5.97 Å². The van der Waals surface area contributed by atoms with Gasteiger partial charge >= 0.3 is 5.97 Å². The minimum Gasteiger partial charge on any atom is -0.492 e. The highest BCUT2D eigenvalue weighted by Crippen LogP contribution is 2.73. The molecule has 0 amide bonds. The molecule has 0 aromatic heterocycles. The molecule has 6 unspecified atom stereocenters. The average molecular weight is 403 g/mol. The molecule has 0 aliphatic carbocycles. The van der Waals surface area contributed by atoms with Gasteiger partial charge in [0.15, 0.2) is 5.76 Å². The first-order valence-corrected chi connectivity index (χ1v) is 10.9. The standard InChI is InChI=1S/C22H29NO6/c1-5-12(24)9-21-14-6-7-23(21)13-8-15(21)28-22(14)16(13)10(2)18(29-22)19-17(26-4)11(3)20(25)27-19/h10,12-16,24H,5-9H2,1-4H3/b19-18-/t10-,12+,13?,14?,15?,16?,21?,22-/m1/s1. The highest BCUT2D eigenvalue weighted by molar-refractivity contribution is 5.93. The Balaban J connectivity index is 1.46. The lowest BCUT2D eigenvalue weighted by Gasteiger charge is -2.48. The summed E-state index contributed by atoms with van der Waals surface area (Å²) in [5.41, 5.74) is 0.346. The van der Waals surface area contributed by atoms with E-state index < -0.39 is 5.79 Å². The summed E-state index contributed by atoms with van der Waals surface area (Å²) in [5.74, 6) is 0.990. The van der Waals surface area contributed by atoms with Gasteiger partial charge in [-0.3, -0.25) is 4.90 Å². The highest BCUT2D eigenvalue weighted by Gasteiger charge is 2.84. The Morgan fingerprint density at radius 1 is 1.41 bits per heavy atom. The monoisotopic (exact) mass is 403 g/mol. The molecular weight excluding hydrogens is 374 g/mol. The van der Waals surface area contributed by atoms with Crippen molar-refractivity contribution < 1.29 is 28.8 Å². The third kappa shape index (κ3) is 1.85. The van der Waals surface area contributed by atoms with Crippen LogP contribution in [0.25, 0.3) is 0 Å². The van der Waals surface area contributed by atoms with E-state index in [9.17, 15) is 9.90 Å². The molecule has 0 aromatic rings. The number of aliphatic hydroxyl groups excluding tert-OH is 1. The summed E-state index contributed by atoms with van der Waals surface area (Å²) in [6, 6.07) is 0.373. The number of rotatable bonds is 4. The van der Waals surface area contributed by atoms with Crippen LogP contribution in [-0.2, 0) is 23.7 Å². The second-order valence-corrected chi connectivity index (χ2v) is 9.58. The van der Waals surface area contributed by atoms with E-state index in [1.807, 2.05) is 6.92 Å². The van der Waals surface area contributed by atoms with Crippen LogP contribution in [0, 0.1) is 17.8 Å². The number of aliphatic hydroxyl groups is 1. The second-order valence-electron chi connectivity index (χ2n) is 9.58. The maximum atomic E-state index is 12.2. The summed E-state index contributed by atoms with van der Waals surface area (Å²) in [6.45, 7) is 6.95. The molecule has 29 heavy (non-hydrogen) atoms. The molecule has 1 spiro atoms. The summed E-state index contributed by atoms with van der Waals surface area (Å²) >= 11 is 0. The lowest BCUT2D eigenvalue weighted by Crippen LogP contribution is -2.61. The van der Waals surface area contributed by atoms with Gasteiger partial charge in [-0.2, -0.15) is 0 Å². The van der Waals surface area contributed by atoms with Crippen molar-refractivity contribution in [2.75, 3.05) is 13.7 Å². The fourth-order valence-corrected chi connectivity index (χ4v) is 7.61. The van der Waals surface area contributed by atoms with Gasteiger partial charge in [0, 0.05) is 17.9 Å². The average Bonchev–Trinajstić information content (AvgIpc) is 3.40. The number of fused-ring (bicyclic) bond motifs is 1. The number of carbonyl (C=O) groups is 1. The van der Waals surface area contributed by atoms with E-state index in [1.165, 1.54) is 0 Å². The number of methoxy groups -OCH3 is 1. The molecule has 7 nitrogen and oxygen atoms in total. The number of hydrogen-bond acceptors (Lipinski definition) is 7. The van der Waals surface area contributed by atoms with E-state index in [4.69, 9.17) is 18.9 Å². The SMILES string of the molecule is CC[C@H](O)CC12C3CC4C5[C@@H](C)/C(=C6/OC(=O)C(C)=C6OC)O[C@]5(O3)C1CCN42. The van der Waals surface area contributed by atoms with Crippen molar-refractivity contribution in [1.29, 1.82) is 0 Å². The molecular formula is C22H29NO6. The molecule has 6 aliphatic rings. The van der Waals surface area contributed by atoms with Crippen LogP contribution in [0.15, 0.2) is 22.9 Å². The van der Waals surface area contributed by atoms with Gasteiger partial charge in [0.1, 0.15) is 5.76 Å². The molecule has 0 aromatic carbocycles. The molecule has 0 radical (unpaired) electrons. The van der Waals surface area contributed by atoms with E-state index >= 15 is 0 Å². The molecule has 0 saturated carbocycles. The molecule has 5 bridgehead atoms. The predicted octanol–water partition coefficient (Wildman–Crippen LogP) is 2.06. The van der Waals surface area contributed by atoms with E-state index in [2.05, 4.69) is 11.8 Å². The maximum Gasteiger partial charge on any atom is 0.343 e. The van der Waals surface area contributed by atoms with Crippen molar-refractivity contribution in [1.82, 2.24) is 4.90 Å². The Morgan fingerprint density at radius 2 is 2.21 bits per heavy atom. The number of carbonyl (C=O) groups excluding carboxylic acids is 1. The summed E-state index contributed by atoms with van der Waals surface area (Å²) in [7, 11) is 1.56. The molecule has 5 saturated heterocycles. The van der Waals surface area contributed by atoms with Gasteiger partial charge in [-0.15, -0.1) is 0 Å². The fraction of sp³-hybridized carbons (Fsp3) is 0.773. The van der Waals surface area contributed by atoms with E-state index in [0.717, 1.165) is 32.2 Å². The highest BCUT2D eigenvalue weighted by atomic mass is 16.7. The Bertz CT molecular complexity index is 865. The Labute approximate surface area is 170 Å². The summed E-state index contributed by atoms with van der Waals surface area (Å²) in [4.78, 5) is 14.8. The summed E-state index contributed by atoms with van der Waals surface area (Å²) in [5, 5.41) is 10.6. The van der Waals surface area contributed by atoms with Gasteiger partial charge in [-0.25, -0.2) is 4.79 Å². The first-order valence-electron chi connectivity index (χ1n) is 10.9. The quantitative estimate of drug-likeness (QED) is 0.720. The van der Waals surface area contributed by atoms with Gasteiger partial charge in [-0.05, 0) is 39.2 Å². The molecule has 158 valence electrons. The zero-order valence-corrected chi connectivity index (χ0v) is 17.4. The van der Waals surface area contributed by atoms with E-state index in [-0.39, 0.29) is 41.5 Å². The van der Waals surface area contributed by atoms with Crippen molar-refractivity contribution in [3.8, 4) is 0 Å². The number of allylic oxidation sites excluding steroid dienone is 1. The Kier molecular flexibility index (Phi) is 3.49. The third-order valence-corrected chi connectivity index (χ3v) is 8.63. The lowest BCUT2D eigenvalue weighted by atomic mass is 9.69. The molecule has 5 fully saturated rings.